The molecule has 15 heteroatoms. The minimum Gasteiger partial charge on any atom is -0.453 e. The van der Waals surface area contributed by atoms with E-state index in [9.17, 15) is 25.2 Å². The Labute approximate surface area is 304 Å². The molecule has 3 saturated heterocycles. The summed E-state index contributed by atoms with van der Waals surface area (Å²) in [6, 6.07) is 24.0. The predicted octanol–water partition coefficient (Wildman–Crippen LogP) is 3.75. The fraction of sp³-hybridized carbons (Fsp3) is 0.472. The summed E-state index contributed by atoms with van der Waals surface area (Å²) < 4.78 is 40.9. The predicted molar refractivity (Wildman–Crippen MR) is 186 cm³/mol. The van der Waals surface area contributed by atoms with E-state index in [2.05, 4.69) is 10.1 Å². The summed E-state index contributed by atoms with van der Waals surface area (Å²) in [4.78, 5) is 11.7. The van der Waals surface area contributed by atoms with E-state index in [4.69, 9.17) is 40.0 Å². The molecule has 3 aromatic rings. The number of amides is 1. The summed E-state index contributed by atoms with van der Waals surface area (Å²) in [5, 5.41) is 47.7. The smallest absolute Gasteiger partial charge is 0.411 e. The Bertz CT molecular complexity index is 1560. The summed E-state index contributed by atoms with van der Waals surface area (Å²) >= 11 is 7.86. The largest absolute Gasteiger partial charge is 0.453 e. The van der Waals surface area contributed by atoms with Crippen molar-refractivity contribution in [2.45, 2.75) is 86.5 Å². The van der Waals surface area contributed by atoms with Crippen LogP contribution in [0.1, 0.15) is 29.4 Å². The minimum atomic E-state index is -1.56. The van der Waals surface area contributed by atoms with E-state index >= 15 is 0 Å². The van der Waals surface area contributed by atoms with Gasteiger partial charge in [-0.1, -0.05) is 78.3 Å². The van der Waals surface area contributed by atoms with Gasteiger partial charge in [0.1, 0.15) is 42.7 Å². The van der Waals surface area contributed by atoms with Gasteiger partial charge in [-0.2, -0.15) is 11.8 Å². The summed E-state index contributed by atoms with van der Waals surface area (Å²) in [5.41, 5.74) is 2.80. The first-order valence-electron chi connectivity index (χ1n) is 16.6. The highest BCUT2D eigenvalue weighted by atomic mass is 35.5. The number of methoxy groups -OCH3 is 1. The Morgan fingerprint density at radius 1 is 0.882 bits per heavy atom. The molecule has 1 unspecified atom stereocenters. The van der Waals surface area contributed by atoms with Gasteiger partial charge in [-0.05, 0) is 35.4 Å². The van der Waals surface area contributed by atoms with Crippen LogP contribution in [0, 0.1) is 0 Å². The molecule has 13 nitrogen and oxygen atoms in total. The molecular weight excluding hydrogens is 706 g/mol. The van der Waals surface area contributed by atoms with Gasteiger partial charge >= 0.3 is 6.09 Å². The number of rotatable bonds is 12. The molecule has 0 aromatic heterocycles. The van der Waals surface area contributed by atoms with Crippen molar-refractivity contribution >= 4 is 35.1 Å². The number of nitrogens with one attached hydrogen (secondary N) is 1. The van der Waals surface area contributed by atoms with Crippen LogP contribution in [0.4, 0.5) is 10.5 Å². The Morgan fingerprint density at radius 2 is 1.61 bits per heavy atom. The summed E-state index contributed by atoms with van der Waals surface area (Å²) in [6.45, 7) is -0.0105. The second-order valence-corrected chi connectivity index (χ2v) is 13.9. The fourth-order valence-electron chi connectivity index (χ4n) is 6.13. The molecule has 3 fully saturated rings. The van der Waals surface area contributed by atoms with Crippen molar-refractivity contribution in [1.29, 1.82) is 0 Å². The lowest BCUT2D eigenvalue weighted by Gasteiger charge is -2.49. The molecule has 276 valence electrons. The molecule has 0 bridgehead atoms. The summed E-state index contributed by atoms with van der Waals surface area (Å²) in [6.07, 6.45) is -13.4. The first kappa shape index (κ1) is 37.9. The molecule has 51 heavy (non-hydrogen) atoms. The van der Waals surface area contributed by atoms with Crippen LogP contribution in [-0.4, -0.2) is 107 Å². The maximum absolute atomic E-state index is 11.7. The number of hydrogen-bond acceptors (Lipinski definition) is 13. The van der Waals surface area contributed by atoms with Crippen molar-refractivity contribution in [3.8, 4) is 0 Å². The van der Waals surface area contributed by atoms with Crippen LogP contribution in [0.3, 0.4) is 0 Å². The second kappa shape index (κ2) is 17.8. The lowest BCUT2D eigenvalue weighted by Crippen LogP contribution is -2.65. The van der Waals surface area contributed by atoms with E-state index in [-0.39, 0.29) is 18.2 Å². The topological polar surface area (TPSA) is 175 Å². The maximum atomic E-state index is 11.7. The number of anilines is 1. The van der Waals surface area contributed by atoms with Crippen molar-refractivity contribution in [3.63, 3.8) is 0 Å². The van der Waals surface area contributed by atoms with Crippen LogP contribution < -0.4 is 5.32 Å². The van der Waals surface area contributed by atoms with Gasteiger partial charge in [-0.15, -0.1) is 0 Å². The van der Waals surface area contributed by atoms with Crippen LogP contribution in [0.25, 0.3) is 0 Å². The number of benzene rings is 3. The lowest BCUT2D eigenvalue weighted by molar-refractivity contribution is -0.385. The number of carbonyl (C=O) groups is 1. The SMILES string of the molecule is COC(=O)Nc1cc(CO[C@@H]2O[C@H](CCSCc3ccccc3)[C@@H](O[C@H]3O[C@@H]4COC(c5ccccc5)O[C@H]4[C@H](O)[C@H]3O)[C@H](O)[C@H]2O)ccc1Cl. The molecule has 0 radical (unpaired) electrons. The molecule has 3 heterocycles. The zero-order valence-corrected chi connectivity index (χ0v) is 29.3. The van der Waals surface area contributed by atoms with Crippen LogP contribution in [0.5, 0.6) is 0 Å². The van der Waals surface area contributed by atoms with Gasteiger partial charge in [-0.25, -0.2) is 4.79 Å². The lowest BCUT2D eigenvalue weighted by atomic mass is 9.95. The van der Waals surface area contributed by atoms with E-state index in [0.29, 0.717) is 23.4 Å². The number of aliphatic hydroxyl groups is 4. The first-order chi connectivity index (χ1) is 24.7. The van der Waals surface area contributed by atoms with E-state index in [0.717, 1.165) is 16.9 Å². The third-order valence-corrected chi connectivity index (χ3v) is 10.3. The van der Waals surface area contributed by atoms with E-state index in [1.807, 2.05) is 60.7 Å². The Morgan fingerprint density at radius 3 is 2.35 bits per heavy atom. The van der Waals surface area contributed by atoms with Gasteiger partial charge in [0.05, 0.1) is 37.1 Å². The van der Waals surface area contributed by atoms with Gasteiger partial charge in [0.15, 0.2) is 18.9 Å². The molecule has 0 spiro atoms. The highest BCUT2D eigenvalue weighted by molar-refractivity contribution is 7.98. The normalized spacial score (nSPS) is 32.2. The number of ether oxygens (including phenoxy) is 7. The minimum absolute atomic E-state index is 0.0528. The molecule has 11 atom stereocenters. The highest BCUT2D eigenvalue weighted by Gasteiger charge is 2.53. The molecule has 5 N–H and O–H groups in total. The molecule has 0 saturated carbocycles. The zero-order chi connectivity index (χ0) is 35.9. The Hall–Kier alpha value is -2.83. The third-order valence-electron chi connectivity index (χ3n) is 8.86. The number of carbonyl (C=O) groups excluding carboxylic acids is 1. The number of fused-ring (bicyclic) bond motifs is 1. The van der Waals surface area contributed by atoms with Crippen molar-refractivity contribution in [3.05, 3.63) is 101 Å². The van der Waals surface area contributed by atoms with Gasteiger partial charge in [0, 0.05) is 11.3 Å². The zero-order valence-electron chi connectivity index (χ0n) is 27.7. The van der Waals surface area contributed by atoms with Crippen LogP contribution in [-0.2, 0) is 45.5 Å². The Kier molecular flexibility index (Phi) is 13.2. The van der Waals surface area contributed by atoms with Crippen LogP contribution in [0.2, 0.25) is 5.02 Å². The highest BCUT2D eigenvalue weighted by Crippen LogP contribution is 2.37. The molecule has 3 aromatic carbocycles. The van der Waals surface area contributed by atoms with Crippen molar-refractivity contribution in [2.24, 2.45) is 0 Å². The van der Waals surface area contributed by atoms with Crippen molar-refractivity contribution < 1.29 is 58.4 Å². The number of hydrogen-bond donors (Lipinski definition) is 5. The van der Waals surface area contributed by atoms with Gasteiger partial charge in [-0.3, -0.25) is 5.32 Å². The second-order valence-electron chi connectivity index (χ2n) is 12.4. The van der Waals surface area contributed by atoms with Gasteiger partial charge in [0.25, 0.3) is 0 Å². The fourth-order valence-corrected chi connectivity index (χ4v) is 7.27. The average molecular weight is 748 g/mol. The van der Waals surface area contributed by atoms with E-state index in [1.54, 1.807) is 30.0 Å². The molecule has 3 aliphatic rings. The van der Waals surface area contributed by atoms with Crippen molar-refractivity contribution in [2.75, 3.05) is 24.8 Å². The molecule has 3 aliphatic heterocycles. The summed E-state index contributed by atoms with van der Waals surface area (Å²) in [7, 11) is 1.23. The molecule has 0 aliphatic carbocycles. The monoisotopic (exact) mass is 747 g/mol. The quantitative estimate of drug-likeness (QED) is 0.170. The summed E-state index contributed by atoms with van der Waals surface area (Å²) in [5.74, 6) is 1.34. The van der Waals surface area contributed by atoms with Gasteiger partial charge < -0.3 is 53.6 Å². The number of aliphatic hydroxyl groups excluding tert-OH is 4. The molecule has 6 rings (SSSR count). The van der Waals surface area contributed by atoms with Crippen LogP contribution >= 0.6 is 23.4 Å². The van der Waals surface area contributed by atoms with Gasteiger partial charge in [0.2, 0.25) is 0 Å². The molecular formula is C36H42ClNO12S. The maximum Gasteiger partial charge on any atom is 0.411 e. The molecule has 1 amide bonds. The first-order valence-corrected chi connectivity index (χ1v) is 18.1. The van der Waals surface area contributed by atoms with E-state index < -0.39 is 73.8 Å². The Balaban J connectivity index is 1.13. The number of thioether (sulfide) groups is 1. The third kappa shape index (κ3) is 9.40. The van der Waals surface area contributed by atoms with E-state index in [1.165, 1.54) is 7.11 Å². The average Bonchev–Trinajstić information content (AvgIpc) is 3.16. The van der Waals surface area contributed by atoms with Crippen LogP contribution in [0.15, 0.2) is 78.9 Å². The number of halogens is 1. The van der Waals surface area contributed by atoms with Crippen molar-refractivity contribution in [1.82, 2.24) is 0 Å². The standard InChI is InChI=1S/C36H42ClNO12S/c1-44-36(43)38-24-16-21(12-13-23(24)37)17-45-34-29(41)27(39)31(25(47-34)14-15-51-19-20-8-4-2-5-9-20)50-35-30(42)28(40)32-26(48-35)18-46-33(49-32)22-10-6-3-7-11-22/h2-13,16,25-35,39-42H,14-15,17-19H2,1H3,(H,38,43)/t25-,26-,27-,28-,29-,30-,31-,32-,33?,34-,35-/m1/s1.